The highest BCUT2D eigenvalue weighted by atomic mass is 19.1. The van der Waals surface area contributed by atoms with Crippen molar-refractivity contribution in [3.05, 3.63) is 35.1 Å². The maximum absolute atomic E-state index is 13.0. The van der Waals surface area contributed by atoms with Crippen molar-refractivity contribution in [1.82, 2.24) is 10.3 Å². The number of carbonyl (C=O) groups excluding carboxylic acids is 1. The van der Waals surface area contributed by atoms with Crippen molar-refractivity contribution in [3.8, 4) is 0 Å². The van der Waals surface area contributed by atoms with Gasteiger partial charge in [-0.15, -0.1) is 0 Å². The second-order valence-corrected chi connectivity index (χ2v) is 3.70. The third kappa shape index (κ3) is 3.20. The van der Waals surface area contributed by atoms with Crippen LogP contribution < -0.4 is 11.3 Å². The van der Waals surface area contributed by atoms with Crippen molar-refractivity contribution >= 4 is 6.03 Å². The third-order valence-electron chi connectivity index (χ3n) is 2.43. The van der Waals surface area contributed by atoms with Gasteiger partial charge in [0.15, 0.2) is 0 Å². The minimum atomic E-state index is -0.334. The van der Waals surface area contributed by atoms with Crippen molar-refractivity contribution in [2.24, 2.45) is 5.84 Å². The average Bonchev–Trinajstić information content (AvgIpc) is 2.29. The molecular formula is C11H16FN3O. The van der Waals surface area contributed by atoms with E-state index < -0.39 is 0 Å². The molecule has 88 valence electrons. The van der Waals surface area contributed by atoms with Gasteiger partial charge in [-0.3, -0.25) is 5.43 Å². The highest BCUT2D eigenvalue weighted by Crippen LogP contribution is 2.09. The van der Waals surface area contributed by atoms with Crippen molar-refractivity contribution < 1.29 is 9.18 Å². The van der Waals surface area contributed by atoms with Crippen molar-refractivity contribution in [2.75, 3.05) is 13.6 Å². The Morgan fingerprint density at radius 1 is 1.56 bits per heavy atom. The van der Waals surface area contributed by atoms with Crippen LogP contribution in [0.2, 0.25) is 0 Å². The molecule has 0 aromatic heterocycles. The molecule has 16 heavy (non-hydrogen) atoms. The van der Waals surface area contributed by atoms with E-state index >= 15 is 0 Å². The monoisotopic (exact) mass is 225 g/mol. The summed E-state index contributed by atoms with van der Waals surface area (Å²) in [5, 5.41) is 0. The van der Waals surface area contributed by atoms with Crippen LogP contribution in [0.25, 0.3) is 0 Å². The van der Waals surface area contributed by atoms with E-state index in [1.165, 1.54) is 11.0 Å². The lowest BCUT2D eigenvalue weighted by Crippen LogP contribution is -2.41. The Balaban J connectivity index is 2.55. The molecule has 0 radical (unpaired) electrons. The van der Waals surface area contributed by atoms with Gasteiger partial charge in [0.05, 0.1) is 0 Å². The van der Waals surface area contributed by atoms with E-state index in [0.717, 1.165) is 5.56 Å². The lowest BCUT2D eigenvalue weighted by atomic mass is 10.1. The first-order valence-corrected chi connectivity index (χ1v) is 5.01. The first-order chi connectivity index (χ1) is 7.54. The number of amides is 2. The highest BCUT2D eigenvalue weighted by molar-refractivity contribution is 5.73. The quantitative estimate of drug-likeness (QED) is 0.461. The Morgan fingerprint density at radius 3 is 2.81 bits per heavy atom. The summed E-state index contributed by atoms with van der Waals surface area (Å²) >= 11 is 0. The number of rotatable bonds is 3. The van der Waals surface area contributed by atoms with Crippen LogP contribution in [0.4, 0.5) is 9.18 Å². The number of hydrogen-bond donors (Lipinski definition) is 2. The van der Waals surface area contributed by atoms with Crippen LogP contribution in [0.15, 0.2) is 18.2 Å². The first kappa shape index (κ1) is 12.4. The zero-order valence-corrected chi connectivity index (χ0v) is 9.46. The molecule has 0 saturated heterocycles. The van der Waals surface area contributed by atoms with Gasteiger partial charge in [0.25, 0.3) is 0 Å². The summed E-state index contributed by atoms with van der Waals surface area (Å²) in [4.78, 5) is 12.6. The molecule has 3 N–H and O–H groups in total. The summed E-state index contributed by atoms with van der Waals surface area (Å²) in [7, 11) is 1.65. The maximum Gasteiger partial charge on any atom is 0.331 e. The molecule has 1 rings (SSSR count). The zero-order chi connectivity index (χ0) is 12.1. The second kappa shape index (κ2) is 5.46. The fraction of sp³-hybridized carbons (Fsp3) is 0.364. The van der Waals surface area contributed by atoms with Crippen LogP contribution in [-0.4, -0.2) is 24.5 Å². The van der Waals surface area contributed by atoms with Crippen LogP contribution in [0, 0.1) is 12.7 Å². The highest BCUT2D eigenvalue weighted by Gasteiger charge is 2.06. The fourth-order valence-corrected chi connectivity index (χ4v) is 1.37. The van der Waals surface area contributed by atoms with Crippen molar-refractivity contribution in [1.29, 1.82) is 0 Å². The van der Waals surface area contributed by atoms with Gasteiger partial charge in [-0.1, -0.05) is 12.1 Å². The van der Waals surface area contributed by atoms with E-state index in [4.69, 9.17) is 5.84 Å². The summed E-state index contributed by atoms with van der Waals surface area (Å²) in [6, 6.07) is 4.60. The van der Waals surface area contributed by atoms with E-state index in [1.54, 1.807) is 26.1 Å². The fourth-order valence-electron chi connectivity index (χ4n) is 1.37. The molecule has 4 nitrogen and oxygen atoms in total. The van der Waals surface area contributed by atoms with Crippen LogP contribution in [0.3, 0.4) is 0 Å². The normalized spacial score (nSPS) is 10.0. The minimum Gasteiger partial charge on any atom is -0.326 e. The lowest BCUT2D eigenvalue weighted by Gasteiger charge is -2.16. The van der Waals surface area contributed by atoms with Crippen LogP contribution in [0.1, 0.15) is 11.1 Å². The van der Waals surface area contributed by atoms with Crippen molar-refractivity contribution in [3.63, 3.8) is 0 Å². The molecule has 0 bridgehead atoms. The Labute approximate surface area is 94.2 Å². The van der Waals surface area contributed by atoms with Gasteiger partial charge in [0, 0.05) is 13.6 Å². The Kier molecular flexibility index (Phi) is 4.25. The molecule has 0 aliphatic carbocycles. The molecule has 1 aromatic carbocycles. The van der Waals surface area contributed by atoms with E-state index in [-0.39, 0.29) is 11.8 Å². The smallest absolute Gasteiger partial charge is 0.326 e. The molecule has 5 heteroatoms. The number of likely N-dealkylation sites (N-methyl/N-ethyl adjacent to an activating group) is 1. The third-order valence-corrected chi connectivity index (χ3v) is 2.43. The molecule has 0 atom stereocenters. The second-order valence-electron chi connectivity index (χ2n) is 3.70. The molecule has 0 fully saturated rings. The summed E-state index contributed by atoms with van der Waals surface area (Å²) in [5.41, 5.74) is 3.66. The van der Waals surface area contributed by atoms with Crippen molar-refractivity contribution in [2.45, 2.75) is 13.3 Å². The number of urea groups is 1. The standard InChI is InChI=1S/C11H16FN3O/c1-8-7-9(3-4-10(8)12)5-6-15(2)11(16)14-13/h3-4,7H,5-6,13H2,1-2H3,(H,14,16). The van der Waals surface area contributed by atoms with E-state index in [2.05, 4.69) is 0 Å². The molecule has 2 amide bonds. The Morgan fingerprint density at radius 2 is 2.25 bits per heavy atom. The average molecular weight is 225 g/mol. The molecule has 0 spiro atoms. The number of aryl methyl sites for hydroxylation is 1. The predicted molar refractivity (Wildman–Crippen MR) is 60.2 cm³/mol. The molecule has 0 aliphatic rings. The van der Waals surface area contributed by atoms with E-state index in [9.17, 15) is 9.18 Å². The summed E-state index contributed by atoms with van der Waals surface area (Å²) < 4.78 is 13.0. The number of hydrogen-bond acceptors (Lipinski definition) is 2. The largest absolute Gasteiger partial charge is 0.331 e. The topological polar surface area (TPSA) is 58.4 Å². The number of nitrogens with two attached hydrogens (primary N) is 1. The van der Waals surface area contributed by atoms with Gasteiger partial charge in [0.2, 0.25) is 0 Å². The molecule has 0 saturated carbocycles. The zero-order valence-electron chi connectivity index (χ0n) is 9.46. The minimum absolute atomic E-state index is 0.211. The Bertz CT molecular complexity index is 381. The molecule has 0 unspecified atom stereocenters. The van der Waals surface area contributed by atoms with E-state index in [0.29, 0.717) is 18.5 Å². The van der Waals surface area contributed by atoms with E-state index in [1.807, 2.05) is 5.43 Å². The van der Waals surface area contributed by atoms with Crippen LogP contribution >= 0.6 is 0 Å². The van der Waals surface area contributed by atoms with Gasteiger partial charge < -0.3 is 4.90 Å². The summed E-state index contributed by atoms with van der Waals surface area (Å²) in [5.74, 6) is 4.78. The van der Waals surface area contributed by atoms with Gasteiger partial charge in [-0.05, 0) is 30.5 Å². The molecule has 1 aromatic rings. The maximum atomic E-state index is 13.0. The number of halogens is 1. The summed E-state index contributed by atoms with van der Waals surface area (Å²) in [6.45, 7) is 2.25. The first-order valence-electron chi connectivity index (χ1n) is 5.01. The summed E-state index contributed by atoms with van der Waals surface area (Å²) in [6.07, 6.45) is 0.672. The van der Waals surface area contributed by atoms with Gasteiger partial charge in [-0.25, -0.2) is 15.0 Å². The van der Waals surface area contributed by atoms with Gasteiger partial charge >= 0.3 is 6.03 Å². The number of benzene rings is 1. The van der Waals surface area contributed by atoms with Gasteiger partial charge in [0.1, 0.15) is 5.82 Å². The SMILES string of the molecule is Cc1cc(CCN(C)C(=O)NN)ccc1F. The molecule has 0 heterocycles. The van der Waals surface area contributed by atoms with Gasteiger partial charge in [-0.2, -0.15) is 0 Å². The molecule has 0 aliphatic heterocycles. The number of hydrazine groups is 1. The van der Waals surface area contributed by atoms with Crippen LogP contribution in [-0.2, 0) is 6.42 Å². The number of carbonyl (C=O) groups is 1. The predicted octanol–water partition coefficient (Wildman–Crippen LogP) is 1.19. The molecular weight excluding hydrogens is 209 g/mol. The lowest BCUT2D eigenvalue weighted by molar-refractivity contribution is 0.209. The number of nitrogens with one attached hydrogen (secondary N) is 1. The Hall–Kier alpha value is -1.62. The van der Waals surface area contributed by atoms with Crippen LogP contribution in [0.5, 0.6) is 0 Å². The number of nitrogens with zero attached hydrogens (tertiary/aromatic N) is 1.